The number of halogens is 2. The van der Waals surface area contributed by atoms with Crippen LogP contribution in [0.25, 0.3) is 11.4 Å². The summed E-state index contributed by atoms with van der Waals surface area (Å²) < 4.78 is 13.8. The van der Waals surface area contributed by atoms with Gasteiger partial charge in [-0.1, -0.05) is 35.7 Å². The number of hydrogen-bond acceptors (Lipinski definition) is 4. The minimum absolute atomic E-state index is 0.159. The number of nitrogens with one attached hydrogen (secondary N) is 3. The van der Waals surface area contributed by atoms with Gasteiger partial charge in [0.15, 0.2) is 5.82 Å². The second-order valence-electron chi connectivity index (χ2n) is 5.47. The molecule has 0 bridgehead atoms. The summed E-state index contributed by atoms with van der Waals surface area (Å²) >= 11 is 6.01. The van der Waals surface area contributed by atoms with Crippen molar-refractivity contribution >= 4 is 29.1 Å². The maximum absolute atomic E-state index is 13.8. The minimum Gasteiger partial charge on any atom is -0.350 e. The Morgan fingerprint density at radius 1 is 1.30 bits per heavy atom. The summed E-state index contributed by atoms with van der Waals surface area (Å²) in [4.78, 5) is 15.9. The van der Waals surface area contributed by atoms with Gasteiger partial charge in [-0.3, -0.25) is 4.79 Å². The molecule has 2 aromatic carbocycles. The van der Waals surface area contributed by atoms with Crippen LogP contribution in [-0.2, 0) is 11.3 Å². The Balaban J connectivity index is 1.72. The monoisotopic (exact) mass is 383 g/mol. The molecule has 136 valence electrons. The Hall–Kier alpha value is -3.37. The van der Waals surface area contributed by atoms with Gasteiger partial charge in [-0.25, -0.2) is 9.49 Å². The molecule has 0 spiro atoms. The summed E-state index contributed by atoms with van der Waals surface area (Å²) in [6, 6.07) is 11.6. The molecule has 0 aliphatic rings. The molecule has 0 aliphatic heterocycles. The number of aromatic nitrogens is 3. The predicted molar refractivity (Wildman–Crippen MR) is 103 cm³/mol. The molecule has 3 rings (SSSR count). The van der Waals surface area contributed by atoms with Crippen LogP contribution in [-0.4, -0.2) is 21.1 Å². The van der Waals surface area contributed by atoms with Crippen molar-refractivity contribution in [3.63, 3.8) is 0 Å². The van der Waals surface area contributed by atoms with Crippen LogP contribution in [0.2, 0.25) is 5.02 Å². The first-order valence-electron chi connectivity index (χ1n) is 8.00. The van der Waals surface area contributed by atoms with Crippen molar-refractivity contribution in [3.8, 4) is 23.2 Å². The molecule has 0 aliphatic carbocycles. The van der Waals surface area contributed by atoms with Gasteiger partial charge in [0.25, 0.3) is 5.91 Å². The van der Waals surface area contributed by atoms with Crippen LogP contribution < -0.4 is 10.6 Å². The average molecular weight is 384 g/mol. The van der Waals surface area contributed by atoms with E-state index in [1.54, 1.807) is 37.3 Å². The Morgan fingerprint density at radius 2 is 2.11 bits per heavy atom. The van der Waals surface area contributed by atoms with Crippen molar-refractivity contribution in [2.24, 2.45) is 0 Å². The molecule has 0 unspecified atom stereocenters. The molecule has 0 radical (unpaired) electrons. The van der Waals surface area contributed by atoms with Gasteiger partial charge in [-0.2, -0.15) is 10.1 Å². The topological polar surface area (TPSA) is 82.7 Å². The third-order valence-corrected chi connectivity index (χ3v) is 3.95. The van der Waals surface area contributed by atoms with E-state index in [4.69, 9.17) is 11.6 Å². The lowest BCUT2D eigenvalue weighted by Gasteiger charge is -2.06. The smallest absolute Gasteiger partial charge is 0.300 e. The van der Waals surface area contributed by atoms with Crippen molar-refractivity contribution in [2.45, 2.75) is 13.5 Å². The Morgan fingerprint density at radius 3 is 2.89 bits per heavy atom. The molecule has 3 aromatic rings. The highest BCUT2D eigenvalue weighted by molar-refractivity contribution is 6.31. The maximum atomic E-state index is 13.8. The van der Waals surface area contributed by atoms with Gasteiger partial charge in [0, 0.05) is 28.4 Å². The first-order chi connectivity index (χ1) is 13.1. The lowest BCUT2D eigenvalue weighted by atomic mass is 10.2. The summed E-state index contributed by atoms with van der Waals surface area (Å²) in [5.74, 6) is 4.95. The van der Waals surface area contributed by atoms with Crippen molar-refractivity contribution < 1.29 is 9.18 Å². The van der Waals surface area contributed by atoms with E-state index in [1.807, 2.05) is 6.07 Å². The van der Waals surface area contributed by atoms with Gasteiger partial charge < -0.3 is 10.6 Å². The molecule has 3 N–H and O–H groups in total. The van der Waals surface area contributed by atoms with Crippen LogP contribution in [0, 0.1) is 17.7 Å². The fraction of sp³-hybridized carbons (Fsp3) is 0.105. The fourth-order valence-electron chi connectivity index (χ4n) is 2.36. The lowest BCUT2D eigenvalue weighted by Crippen LogP contribution is -2.08. The van der Waals surface area contributed by atoms with Crippen molar-refractivity contribution in [3.05, 3.63) is 58.9 Å². The number of rotatable bonds is 5. The summed E-state index contributed by atoms with van der Waals surface area (Å²) in [5.41, 5.74) is 1.63. The first kappa shape index (κ1) is 18.4. The van der Waals surface area contributed by atoms with Crippen molar-refractivity contribution in [1.29, 1.82) is 0 Å². The zero-order chi connectivity index (χ0) is 19.2. The number of nitrogens with zero attached hydrogens (tertiary/aromatic N) is 2. The zero-order valence-electron chi connectivity index (χ0n) is 14.3. The number of carbonyl (C=O) groups is 1. The summed E-state index contributed by atoms with van der Waals surface area (Å²) in [7, 11) is 0. The SMILES string of the molecule is CC#CC(=O)Nc1cccc(-c2n[nH]c(NCc3c(F)cccc3Cl)n2)c1. The molecule has 8 heteroatoms. The highest BCUT2D eigenvalue weighted by Crippen LogP contribution is 2.22. The van der Waals surface area contributed by atoms with E-state index in [9.17, 15) is 9.18 Å². The number of benzene rings is 2. The van der Waals surface area contributed by atoms with Gasteiger partial charge in [0.05, 0.1) is 0 Å². The van der Waals surface area contributed by atoms with Crippen LogP contribution in [0.5, 0.6) is 0 Å². The third-order valence-electron chi connectivity index (χ3n) is 3.60. The number of H-pyrrole nitrogens is 1. The van der Waals surface area contributed by atoms with E-state index in [0.29, 0.717) is 33.6 Å². The highest BCUT2D eigenvalue weighted by atomic mass is 35.5. The maximum Gasteiger partial charge on any atom is 0.300 e. The number of anilines is 2. The fourth-order valence-corrected chi connectivity index (χ4v) is 2.59. The number of carbonyl (C=O) groups excluding carboxylic acids is 1. The molecule has 0 saturated carbocycles. The lowest BCUT2D eigenvalue weighted by molar-refractivity contribution is -0.111. The van der Waals surface area contributed by atoms with Crippen LogP contribution in [0.3, 0.4) is 0 Å². The normalized spacial score (nSPS) is 10.0. The van der Waals surface area contributed by atoms with Crippen LogP contribution in [0.4, 0.5) is 16.0 Å². The van der Waals surface area contributed by atoms with Gasteiger partial charge in [0.2, 0.25) is 5.95 Å². The zero-order valence-corrected chi connectivity index (χ0v) is 15.1. The average Bonchev–Trinajstić information content (AvgIpc) is 3.11. The van der Waals surface area contributed by atoms with E-state index >= 15 is 0 Å². The molecule has 27 heavy (non-hydrogen) atoms. The molecular formula is C19H15ClFN5O. The predicted octanol–water partition coefficient (Wildman–Crippen LogP) is 3.84. The molecule has 1 heterocycles. The van der Waals surface area contributed by atoms with Crippen LogP contribution in [0.15, 0.2) is 42.5 Å². The van der Waals surface area contributed by atoms with E-state index in [1.165, 1.54) is 6.07 Å². The minimum atomic E-state index is -0.395. The summed E-state index contributed by atoms with van der Waals surface area (Å²) in [5, 5.41) is 12.8. The standard InChI is InChI=1S/C19H15ClFN5O/c1-2-5-17(27)23-13-7-3-6-12(10-13)18-24-19(26-25-18)22-11-14-15(20)8-4-9-16(14)21/h3-4,6-10H,11H2,1H3,(H,23,27)(H2,22,24,25,26). The number of aromatic amines is 1. The molecular weight excluding hydrogens is 369 g/mol. The molecule has 6 nitrogen and oxygen atoms in total. The largest absolute Gasteiger partial charge is 0.350 e. The van der Waals surface area contributed by atoms with E-state index < -0.39 is 11.7 Å². The van der Waals surface area contributed by atoms with E-state index in [-0.39, 0.29) is 6.54 Å². The Labute approximate surface area is 160 Å². The molecule has 0 atom stereocenters. The first-order valence-corrected chi connectivity index (χ1v) is 8.38. The second-order valence-corrected chi connectivity index (χ2v) is 5.88. The van der Waals surface area contributed by atoms with Gasteiger partial charge in [-0.15, -0.1) is 0 Å². The van der Waals surface area contributed by atoms with Gasteiger partial charge in [-0.05, 0) is 37.1 Å². The van der Waals surface area contributed by atoms with Gasteiger partial charge in [0.1, 0.15) is 5.82 Å². The highest BCUT2D eigenvalue weighted by Gasteiger charge is 2.10. The molecule has 1 amide bonds. The second kappa shape index (κ2) is 8.34. The van der Waals surface area contributed by atoms with E-state index in [2.05, 4.69) is 37.7 Å². The van der Waals surface area contributed by atoms with Crippen molar-refractivity contribution in [2.75, 3.05) is 10.6 Å². The number of hydrogen-bond donors (Lipinski definition) is 3. The summed E-state index contributed by atoms with van der Waals surface area (Å²) in [6.07, 6.45) is 0. The Kier molecular flexibility index (Phi) is 5.69. The summed E-state index contributed by atoms with van der Waals surface area (Å²) in [6.45, 7) is 1.75. The van der Waals surface area contributed by atoms with Crippen LogP contribution in [0.1, 0.15) is 12.5 Å². The third kappa shape index (κ3) is 4.63. The quantitative estimate of drug-likeness (QED) is 0.584. The Bertz CT molecular complexity index is 1020. The number of amides is 1. The molecule has 1 aromatic heterocycles. The molecule has 0 saturated heterocycles. The van der Waals surface area contributed by atoms with Crippen LogP contribution >= 0.6 is 11.6 Å². The van der Waals surface area contributed by atoms with Crippen molar-refractivity contribution in [1.82, 2.24) is 15.2 Å². The van der Waals surface area contributed by atoms with Gasteiger partial charge >= 0.3 is 0 Å². The molecule has 0 fully saturated rings. The van der Waals surface area contributed by atoms with E-state index in [0.717, 1.165) is 0 Å².